The highest BCUT2D eigenvalue weighted by molar-refractivity contribution is 6.08. The molecule has 0 aliphatic carbocycles. The third kappa shape index (κ3) is 2.92. The Morgan fingerprint density at radius 2 is 1.75 bits per heavy atom. The summed E-state index contributed by atoms with van der Waals surface area (Å²) in [5, 5.41) is 0. The number of nitrogens with zero attached hydrogens (tertiary/aromatic N) is 1. The molecule has 1 heterocycles. The first-order valence-electron chi connectivity index (χ1n) is 8.05. The molecule has 4 heteroatoms. The summed E-state index contributed by atoms with van der Waals surface area (Å²) in [6, 6.07) is 17.3. The van der Waals surface area contributed by atoms with Crippen molar-refractivity contribution in [2.45, 2.75) is 25.8 Å². The summed E-state index contributed by atoms with van der Waals surface area (Å²) >= 11 is 0. The number of carbonyl (C=O) groups excluding carboxylic acids is 1. The third-order valence-corrected chi connectivity index (χ3v) is 4.45. The van der Waals surface area contributed by atoms with Gasteiger partial charge < -0.3 is 9.47 Å². The number of rotatable bonds is 5. The molecule has 3 rings (SSSR count). The minimum absolute atomic E-state index is 0.0216. The van der Waals surface area contributed by atoms with Gasteiger partial charge in [0.25, 0.3) is 0 Å². The van der Waals surface area contributed by atoms with Gasteiger partial charge in [-0.25, -0.2) is 9.79 Å². The largest absolute Gasteiger partial charge is 0.497 e. The second-order valence-corrected chi connectivity index (χ2v) is 6.28. The summed E-state index contributed by atoms with van der Waals surface area (Å²) in [5.41, 5.74) is 0.961. The van der Waals surface area contributed by atoms with Crippen LogP contribution in [0.1, 0.15) is 25.0 Å². The predicted octanol–water partition coefficient (Wildman–Crippen LogP) is 3.64. The minimum Gasteiger partial charge on any atom is -0.497 e. The van der Waals surface area contributed by atoms with E-state index in [0.717, 1.165) is 16.9 Å². The fourth-order valence-corrected chi connectivity index (χ4v) is 2.87. The molecule has 124 valence electrons. The van der Waals surface area contributed by atoms with Crippen LogP contribution in [0.2, 0.25) is 0 Å². The second-order valence-electron chi connectivity index (χ2n) is 6.28. The van der Waals surface area contributed by atoms with Gasteiger partial charge in [-0.1, -0.05) is 44.2 Å². The van der Waals surface area contributed by atoms with Gasteiger partial charge in [-0.3, -0.25) is 0 Å². The van der Waals surface area contributed by atoms with Gasteiger partial charge in [-0.2, -0.15) is 0 Å². The monoisotopic (exact) mass is 323 g/mol. The van der Waals surface area contributed by atoms with Crippen molar-refractivity contribution < 1.29 is 14.3 Å². The molecule has 1 aliphatic rings. The Hall–Kier alpha value is -2.62. The van der Waals surface area contributed by atoms with Gasteiger partial charge in [0.2, 0.25) is 5.90 Å². The van der Waals surface area contributed by atoms with Crippen molar-refractivity contribution in [2.75, 3.05) is 7.11 Å². The number of methoxy groups -OCH3 is 1. The van der Waals surface area contributed by atoms with E-state index in [4.69, 9.17) is 14.5 Å². The average molecular weight is 323 g/mol. The highest BCUT2D eigenvalue weighted by Crippen LogP contribution is 2.34. The fraction of sp³-hybridized carbons (Fsp3) is 0.300. The Morgan fingerprint density at radius 1 is 1.08 bits per heavy atom. The lowest BCUT2D eigenvalue weighted by atomic mass is 9.81. The Labute approximate surface area is 142 Å². The van der Waals surface area contributed by atoms with Crippen LogP contribution in [0.5, 0.6) is 5.75 Å². The number of cyclic esters (lactones) is 1. The quantitative estimate of drug-likeness (QED) is 0.789. The molecule has 4 nitrogen and oxygen atoms in total. The Balaban J connectivity index is 1.95. The first-order chi connectivity index (χ1) is 11.5. The Morgan fingerprint density at radius 3 is 2.33 bits per heavy atom. The van der Waals surface area contributed by atoms with Crippen LogP contribution in [-0.2, 0) is 16.0 Å². The maximum Gasteiger partial charge on any atom is 0.341 e. The molecule has 0 bridgehead atoms. The molecule has 0 amide bonds. The van der Waals surface area contributed by atoms with Crippen LogP contribution in [0.15, 0.2) is 59.6 Å². The van der Waals surface area contributed by atoms with Crippen LogP contribution in [0.25, 0.3) is 0 Å². The van der Waals surface area contributed by atoms with Gasteiger partial charge in [0.15, 0.2) is 5.54 Å². The van der Waals surface area contributed by atoms with Gasteiger partial charge in [0.05, 0.1) is 7.11 Å². The number of benzene rings is 2. The van der Waals surface area contributed by atoms with E-state index in [2.05, 4.69) is 0 Å². The highest BCUT2D eigenvalue weighted by atomic mass is 16.6. The van der Waals surface area contributed by atoms with E-state index < -0.39 is 5.54 Å². The zero-order valence-corrected chi connectivity index (χ0v) is 14.2. The Kier molecular flexibility index (Phi) is 4.38. The number of aliphatic imine (C=N–C) groups is 1. The number of hydrogen-bond acceptors (Lipinski definition) is 4. The van der Waals surface area contributed by atoms with E-state index in [-0.39, 0.29) is 11.9 Å². The highest BCUT2D eigenvalue weighted by Gasteiger charge is 2.48. The molecule has 0 radical (unpaired) electrons. The van der Waals surface area contributed by atoms with E-state index in [1.165, 1.54) is 0 Å². The molecule has 0 fully saturated rings. The van der Waals surface area contributed by atoms with Gasteiger partial charge in [0.1, 0.15) is 5.75 Å². The van der Waals surface area contributed by atoms with Crippen molar-refractivity contribution in [1.29, 1.82) is 0 Å². The van der Waals surface area contributed by atoms with Crippen LogP contribution in [0.3, 0.4) is 0 Å². The van der Waals surface area contributed by atoms with Crippen LogP contribution in [-0.4, -0.2) is 24.5 Å². The summed E-state index contributed by atoms with van der Waals surface area (Å²) in [4.78, 5) is 17.4. The van der Waals surface area contributed by atoms with E-state index in [0.29, 0.717) is 12.3 Å². The SMILES string of the molecule is COc1ccc(C[C@]2(C(C)C)N=C(c3ccccc3)OC2=O)cc1. The van der Waals surface area contributed by atoms with E-state index in [9.17, 15) is 4.79 Å². The molecule has 24 heavy (non-hydrogen) atoms. The lowest BCUT2D eigenvalue weighted by molar-refractivity contribution is -0.140. The second kappa shape index (κ2) is 6.48. The lowest BCUT2D eigenvalue weighted by Crippen LogP contribution is -2.41. The van der Waals surface area contributed by atoms with E-state index >= 15 is 0 Å². The topological polar surface area (TPSA) is 47.9 Å². The van der Waals surface area contributed by atoms with Crippen LogP contribution in [0.4, 0.5) is 0 Å². The zero-order chi connectivity index (χ0) is 17.2. The molecule has 0 aromatic heterocycles. The van der Waals surface area contributed by atoms with Crippen molar-refractivity contribution in [3.05, 3.63) is 65.7 Å². The van der Waals surface area contributed by atoms with Crippen molar-refractivity contribution in [3.63, 3.8) is 0 Å². The lowest BCUT2D eigenvalue weighted by Gasteiger charge is -2.26. The molecule has 0 spiro atoms. The maximum atomic E-state index is 12.7. The standard InChI is InChI=1S/C20H21NO3/c1-14(2)20(13-15-9-11-17(23-3)12-10-15)19(22)24-18(21-20)16-7-5-4-6-8-16/h4-12,14H,13H2,1-3H3/t20-/m1/s1. The van der Waals surface area contributed by atoms with Gasteiger partial charge in [0, 0.05) is 12.0 Å². The zero-order valence-electron chi connectivity index (χ0n) is 14.2. The normalized spacial score (nSPS) is 20.0. The van der Waals surface area contributed by atoms with Crippen molar-refractivity contribution in [3.8, 4) is 5.75 Å². The molecule has 0 saturated carbocycles. The van der Waals surface area contributed by atoms with Crippen LogP contribution in [0, 0.1) is 5.92 Å². The minimum atomic E-state index is -0.889. The first kappa shape index (κ1) is 16.2. The number of hydrogen-bond donors (Lipinski definition) is 0. The summed E-state index contributed by atoms with van der Waals surface area (Å²) in [5.74, 6) is 0.933. The molecule has 0 unspecified atom stereocenters. The van der Waals surface area contributed by atoms with Crippen molar-refractivity contribution in [1.82, 2.24) is 0 Å². The fourth-order valence-electron chi connectivity index (χ4n) is 2.87. The molecule has 2 aromatic carbocycles. The van der Waals surface area contributed by atoms with Gasteiger partial charge in [-0.05, 0) is 35.7 Å². The van der Waals surface area contributed by atoms with Crippen LogP contribution >= 0.6 is 0 Å². The van der Waals surface area contributed by atoms with Gasteiger partial charge >= 0.3 is 5.97 Å². The van der Waals surface area contributed by atoms with Gasteiger partial charge in [-0.15, -0.1) is 0 Å². The molecular formula is C20H21NO3. The first-order valence-corrected chi connectivity index (χ1v) is 8.05. The molecule has 1 aliphatic heterocycles. The molecule has 2 aromatic rings. The molecule has 0 saturated heterocycles. The Bertz CT molecular complexity index is 750. The smallest absolute Gasteiger partial charge is 0.341 e. The third-order valence-electron chi connectivity index (χ3n) is 4.45. The van der Waals surface area contributed by atoms with Crippen LogP contribution < -0.4 is 4.74 Å². The maximum absolute atomic E-state index is 12.7. The van der Waals surface area contributed by atoms with E-state index in [1.54, 1.807) is 7.11 Å². The summed E-state index contributed by atoms with van der Waals surface area (Å²) < 4.78 is 10.7. The van der Waals surface area contributed by atoms with E-state index in [1.807, 2.05) is 68.4 Å². The van der Waals surface area contributed by atoms with Crippen molar-refractivity contribution in [2.24, 2.45) is 10.9 Å². The van der Waals surface area contributed by atoms with Crippen molar-refractivity contribution >= 4 is 11.9 Å². The summed E-state index contributed by atoms with van der Waals surface area (Å²) in [6.45, 7) is 4.00. The number of esters is 1. The average Bonchev–Trinajstić information content (AvgIpc) is 2.94. The predicted molar refractivity (Wildman–Crippen MR) is 93.3 cm³/mol. The molecule has 0 N–H and O–H groups in total. The number of ether oxygens (including phenoxy) is 2. The molecular weight excluding hydrogens is 302 g/mol. The summed E-state index contributed by atoms with van der Waals surface area (Å²) in [7, 11) is 1.63. The summed E-state index contributed by atoms with van der Waals surface area (Å²) in [6.07, 6.45) is 0.504. The number of carbonyl (C=O) groups is 1. The molecule has 1 atom stereocenters.